The first-order valence-corrected chi connectivity index (χ1v) is 8.36. The van der Waals surface area contributed by atoms with Crippen molar-refractivity contribution in [2.24, 2.45) is 0 Å². The second-order valence-electron chi connectivity index (χ2n) is 6.72. The van der Waals surface area contributed by atoms with Crippen molar-refractivity contribution in [2.75, 3.05) is 5.32 Å². The topological polar surface area (TPSA) is 59.0 Å². The first kappa shape index (κ1) is 17.4. The van der Waals surface area contributed by atoms with Crippen molar-refractivity contribution in [3.63, 3.8) is 0 Å². The van der Waals surface area contributed by atoms with Crippen molar-refractivity contribution in [1.29, 1.82) is 0 Å². The summed E-state index contributed by atoms with van der Waals surface area (Å²) in [4.78, 5) is 12.4. The minimum Gasteiger partial charge on any atom is -0.363 e. The number of hydrogen-bond acceptors (Lipinski definition) is 3. The van der Waals surface area contributed by atoms with Crippen LogP contribution in [0.5, 0.6) is 0 Å². The maximum Gasteiger partial charge on any atom is 0.260 e. The lowest BCUT2D eigenvalue weighted by atomic mass is 9.96. The Labute approximate surface area is 145 Å². The van der Waals surface area contributed by atoms with Gasteiger partial charge in [-0.2, -0.15) is 5.10 Å². The molecule has 134 valence electrons. The van der Waals surface area contributed by atoms with Gasteiger partial charge in [0.25, 0.3) is 12.3 Å². The number of alkyl halides is 2. The van der Waals surface area contributed by atoms with E-state index >= 15 is 0 Å². The molecule has 0 aliphatic carbocycles. The largest absolute Gasteiger partial charge is 0.363 e. The molecule has 2 aromatic rings. The molecule has 0 saturated carbocycles. The summed E-state index contributed by atoms with van der Waals surface area (Å²) in [6, 6.07) is 6.34. The van der Waals surface area contributed by atoms with Crippen molar-refractivity contribution in [3.05, 3.63) is 47.2 Å². The fourth-order valence-corrected chi connectivity index (χ4v) is 3.06. The third-order valence-electron chi connectivity index (χ3n) is 4.33. The number of carbonyl (C=O) groups is 1. The molecule has 1 amide bonds. The zero-order chi connectivity index (χ0) is 18.1. The van der Waals surface area contributed by atoms with Gasteiger partial charge in [-0.25, -0.2) is 13.5 Å². The van der Waals surface area contributed by atoms with E-state index < -0.39 is 12.5 Å². The van der Waals surface area contributed by atoms with Gasteiger partial charge in [0.1, 0.15) is 17.4 Å². The lowest BCUT2D eigenvalue weighted by Crippen LogP contribution is -2.34. The van der Waals surface area contributed by atoms with E-state index in [1.807, 2.05) is 45.0 Å². The molecule has 0 radical (unpaired) electrons. The number of nitrogens with one attached hydrogen (secondary N) is 2. The summed E-state index contributed by atoms with van der Waals surface area (Å²) < 4.78 is 28.4. The highest BCUT2D eigenvalue weighted by Crippen LogP contribution is 2.39. The van der Waals surface area contributed by atoms with Crippen molar-refractivity contribution < 1.29 is 13.6 Å². The van der Waals surface area contributed by atoms with E-state index in [2.05, 4.69) is 15.7 Å². The molecule has 0 bridgehead atoms. The second-order valence-corrected chi connectivity index (χ2v) is 6.72. The highest BCUT2D eigenvalue weighted by molar-refractivity contribution is 5.99. The number of rotatable bonds is 4. The monoisotopic (exact) mass is 348 g/mol. The Morgan fingerprint density at radius 3 is 2.60 bits per heavy atom. The Balaban J connectivity index is 1.96. The fraction of sp³-hybridized carbons (Fsp3) is 0.444. The van der Waals surface area contributed by atoms with Crippen LogP contribution in [0.25, 0.3) is 0 Å². The Hall–Kier alpha value is -2.44. The Kier molecular flexibility index (Phi) is 4.74. The van der Waals surface area contributed by atoms with E-state index in [1.165, 1.54) is 10.9 Å². The number of halogens is 2. The number of benzene rings is 1. The number of carbonyl (C=O) groups excluding carboxylic acids is 1. The molecular formula is C18H22F2N4O. The number of nitrogens with zero attached hydrogens (tertiary/aromatic N) is 2. The third kappa shape index (κ3) is 3.50. The van der Waals surface area contributed by atoms with E-state index in [1.54, 1.807) is 0 Å². The van der Waals surface area contributed by atoms with Crippen LogP contribution < -0.4 is 10.6 Å². The van der Waals surface area contributed by atoms with Gasteiger partial charge < -0.3 is 10.6 Å². The van der Waals surface area contributed by atoms with Crippen LogP contribution in [0.4, 0.5) is 14.6 Å². The van der Waals surface area contributed by atoms with E-state index in [4.69, 9.17) is 0 Å². The zero-order valence-corrected chi connectivity index (χ0v) is 14.5. The molecular weight excluding hydrogens is 326 g/mol. The summed E-state index contributed by atoms with van der Waals surface area (Å²) in [5, 5.41) is 10.1. The van der Waals surface area contributed by atoms with E-state index in [-0.39, 0.29) is 30.0 Å². The number of amides is 1. The summed E-state index contributed by atoms with van der Waals surface area (Å²) in [6.45, 7) is 5.67. The number of hydrogen-bond donors (Lipinski definition) is 2. The maximum atomic E-state index is 13.6. The Bertz CT molecular complexity index is 755. The lowest BCUT2D eigenvalue weighted by molar-refractivity contribution is 0.0656. The fourth-order valence-electron chi connectivity index (χ4n) is 3.06. The first-order valence-electron chi connectivity index (χ1n) is 8.36. The SMILES string of the molecule is Cc1ccc(C2CC(C(F)F)n3ncc(C(=O)NC(C)C)c3N2)cc1. The van der Waals surface area contributed by atoms with Gasteiger partial charge in [0.15, 0.2) is 0 Å². The average Bonchev–Trinajstić information content (AvgIpc) is 2.97. The first-order chi connectivity index (χ1) is 11.9. The van der Waals surface area contributed by atoms with Gasteiger partial charge in [0.2, 0.25) is 0 Å². The van der Waals surface area contributed by atoms with Gasteiger partial charge in [-0.3, -0.25) is 4.79 Å². The molecule has 5 nitrogen and oxygen atoms in total. The van der Waals surface area contributed by atoms with Crippen molar-refractivity contribution in [2.45, 2.75) is 51.7 Å². The van der Waals surface area contributed by atoms with Gasteiger partial charge in [-0.15, -0.1) is 0 Å². The van der Waals surface area contributed by atoms with Crippen LogP contribution in [0.2, 0.25) is 0 Å². The van der Waals surface area contributed by atoms with E-state index in [0.717, 1.165) is 11.1 Å². The molecule has 0 saturated heterocycles. The molecule has 2 heterocycles. The molecule has 3 rings (SSSR count). The van der Waals surface area contributed by atoms with Crippen LogP contribution in [0, 0.1) is 6.92 Å². The molecule has 0 fully saturated rings. The lowest BCUT2D eigenvalue weighted by Gasteiger charge is -2.32. The minimum absolute atomic E-state index is 0.0505. The molecule has 2 N–H and O–H groups in total. The third-order valence-corrected chi connectivity index (χ3v) is 4.33. The highest BCUT2D eigenvalue weighted by Gasteiger charge is 2.36. The summed E-state index contributed by atoms with van der Waals surface area (Å²) in [5.74, 6) is 0.0293. The molecule has 1 aromatic heterocycles. The molecule has 25 heavy (non-hydrogen) atoms. The van der Waals surface area contributed by atoms with E-state index in [0.29, 0.717) is 5.82 Å². The molecule has 2 unspecified atom stereocenters. The smallest absolute Gasteiger partial charge is 0.260 e. The minimum atomic E-state index is -2.56. The van der Waals surface area contributed by atoms with Crippen LogP contribution in [0.3, 0.4) is 0 Å². The zero-order valence-electron chi connectivity index (χ0n) is 14.5. The van der Waals surface area contributed by atoms with Gasteiger partial charge in [-0.1, -0.05) is 29.8 Å². The molecule has 1 aliphatic rings. The predicted molar refractivity (Wildman–Crippen MR) is 92.0 cm³/mol. The highest BCUT2D eigenvalue weighted by atomic mass is 19.3. The summed E-state index contributed by atoms with van der Waals surface area (Å²) in [7, 11) is 0. The van der Waals surface area contributed by atoms with E-state index in [9.17, 15) is 13.6 Å². The molecule has 1 aliphatic heterocycles. The second kappa shape index (κ2) is 6.82. The number of anilines is 1. The van der Waals surface area contributed by atoms with Gasteiger partial charge >= 0.3 is 0 Å². The molecule has 2 atom stereocenters. The molecule has 1 aromatic carbocycles. The van der Waals surface area contributed by atoms with Crippen LogP contribution in [0.15, 0.2) is 30.5 Å². The number of aryl methyl sites for hydroxylation is 1. The van der Waals surface area contributed by atoms with Gasteiger partial charge in [-0.05, 0) is 32.8 Å². The predicted octanol–water partition coefficient (Wildman–Crippen LogP) is 3.69. The van der Waals surface area contributed by atoms with Crippen molar-refractivity contribution in [3.8, 4) is 0 Å². The molecule has 7 heteroatoms. The quantitative estimate of drug-likeness (QED) is 0.886. The summed E-state index contributed by atoms with van der Waals surface area (Å²) in [6.07, 6.45) is -0.997. The van der Waals surface area contributed by atoms with Gasteiger partial charge in [0, 0.05) is 6.04 Å². The molecule has 0 spiro atoms. The Morgan fingerprint density at radius 2 is 2.00 bits per heavy atom. The van der Waals surface area contributed by atoms with Gasteiger partial charge in [0.05, 0.1) is 12.2 Å². The maximum absolute atomic E-state index is 13.6. The van der Waals surface area contributed by atoms with Crippen LogP contribution in [0.1, 0.15) is 53.8 Å². The van der Waals surface area contributed by atoms with Crippen molar-refractivity contribution in [1.82, 2.24) is 15.1 Å². The standard InChI is InChI=1S/C18H22F2N4O/c1-10(2)22-18(25)13-9-21-24-15(16(19)20)8-14(23-17(13)24)12-6-4-11(3)5-7-12/h4-7,9-10,14-16,23H,8H2,1-3H3,(H,22,25). The van der Waals surface area contributed by atoms with Crippen LogP contribution in [-0.4, -0.2) is 28.2 Å². The number of fused-ring (bicyclic) bond motifs is 1. The Morgan fingerprint density at radius 1 is 1.32 bits per heavy atom. The van der Waals surface area contributed by atoms with Crippen LogP contribution >= 0.6 is 0 Å². The summed E-state index contributed by atoms with van der Waals surface area (Å²) >= 11 is 0. The average molecular weight is 348 g/mol. The van der Waals surface area contributed by atoms with Crippen molar-refractivity contribution >= 4 is 11.7 Å². The number of aromatic nitrogens is 2. The summed E-state index contributed by atoms with van der Waals surface area (Å²) in [5.41, 5.74) is 2.31. The normalized spacial score (nSPS) is 19.6. The van der Waals surface area contributed by atoms with Crippen LogP contribution in [-0.2, 0) is 0 Å².